The molecule has 0 amide bonds. The highest BCUT2D eigenvalue weighted by Crippen LogP contribution is 2.19. The Morgan fingerprint density at radius 3 is 2.93 bits per heavy atom. The van der Waals surface area contributed by atoms with Crippen LogP contribution < -0.4 is 4.74 Å². The summed E-state index contributed by atoms with van der Waals surface area (Å²) in [4.78, 5) is 18.6. The van der Waals surface area contributed by atoms with E-state index in [-0.39, 0.29) is 6.42 Å². The third-order valence-electron chi connectivity index (χ3n) is 1.79. The molecule has 1 N–H and O–H groups in total. The minimum Gasteiger partial charge on any atom is -0.481 e. The van der Waals surface area contributed by atoms with Crippen LogP contribution in [0.3, 0.4) is 0 Å². The Kier molecular flexibility index (Phi) is 4.36. The summed E-state index contributed by atoms with van der Waals surface area (Å²) >= 11 is 1.41. The molecule has 5 nitrogen and oxygen atoms in total. The first-order valence-electron chi connectivity index (χ1n) is 4.33. The van der Waals surface area contributed by atoms with Crippen LogP contribution in [0.4, 0.5) is 0 Å². The van der Waals surface area contributed by atoms with Crippen LogP contribution in [0.2, 0.25) is 0 Å². The maximum atomic E-state index is 10.4. The van der Waals surface area contributed by atoms with Crippen molar-refractivity contribution in [2.75, 3.05) is 13.4 Å². The van der Waals surface area contributed by atoms with E-state index in [9.17, 15) is 4.79 Å². The third kappa shape index (κ3) is 3.39. The number of nitrogens with zero attached hydrogens (tertiary/aromatic N) is 2. The van der Waals surface area contributed by atoms with E-state index >= 15 is 0 Å². The molecule has 0 saturated carbocycles. The molecule has 0 aliphatic rings. The molecule has 1 aromatic rings. The van der Waals surface area contributed by atoms with Crippen molar-refractivity contribution in [2.24, 2.45) is 0 Å². The number of rotatable bonds is 5. The Morgan fingerprint density at radius 2 is 2.40 bits per heavy atom. The molecule has 0 spiro atoms. The summed E-state index contributed by atoms with van der Waals surface area (Å²) in [6, 6.07) is 0. The Balaban J connectivity index is 2.82. The zero-order valence-corrected chi connectivity index (χ0v) is 9.37. The van der Waals surface area contributed by atoms with Crippen LogP contribution in [0.1, 0.15) is 12.0 Å². The summed E-state index contributed by atoms with van der Waals surface area (Å²) in [5.41, 5.74) is 0.720. The van der Waals surface area contributed by atoms with Crippen LogP contribution in [0.5, 0.6) is 5.88 Å². The van der Waals surface area contributed by atoms with E-state index in [4.69, 9.17) is 9.84 Å². The van der Waals surface area contributed by atoms with Gasteiger partial charge in [0.15, 0.2) is 5.16 Å². The highest BCUT2D eigenvalue weighted by molar-refractivity contribution is 7.98. The van der Waals surface area contributed by atoms with E-state index in [1.807, 2.05) is 6.26 Å². The van der Waals surface area contributed by atoms with Crippen molar-refractivity contribution in [3.63, 3.8) is 0 Å². The van der Waals surface area contributed by atoms with E-state index in [0.717, 1.165) is 5.56 Å². The van der Waals surface area contributed by atoms with Gasteiger partial charge in [-0.05, 0) is 12.7 Å². The van der Waals surface area contributed by atoms with Gasteiger partial charge in [-0.1, -0.05) is 11.8 Å². The summed E-state index contributed by atoms with van der Waals surface area (Å²) < 4.78 is 5.06. The molecule has 0 radical (unpaired) electrons. The van der Waals surface area contributed by atoms with Gasteiger partial charge in [0, 0.05) is 18.2 Å². The molecule has 82 valence electrons. The Bertz CT molecular complexity index is 357. The molecule has 0 unspecified atom stereocenters. The monoisotopic (exact) mass is 228 g/mol. The van der Waals surface area contributed by atoms with Crippen LogP contribution in [-0.2, 0) is 11.2 Å². The number of aryl methyl sites for hydroxylation is 1. The van der Waals surface area contributed by atoms with Gasteiger partial charge in [-0.25, -0.2) is 4.98 Å². The number of aliphatic carboxylic acids is 1. The van der Waals surface area contributed by atoms with Gasteiger partial charge in [-0.3, -0.25) is 4.79 Å². The fraction of sp³-hybridized carbons (Fsp3) is 0.444. The van der Waals surface area contributed by atoms with Crippen molar-refractivity contribution >= 4 is 17.7 Å². The summed E-state index contributed by atoms with van der Waals surface area (Å²) in [6.07, 6.45) is 3.91. The number of hydrogen-bond donors (Lipinski definition) is 1. The van der Waals surface area contributed by atoms with Gasteiger partial charge < -0.3 is 9.84 Å². The molecule has 15 heavy (non-hydrogen) atoms. The molecule has 0 saturated heterocycles. The highest BCUT2D eigenvalue weighted by atomic mass is 32.2. The molecule has 0 atom stereocenters. The van der Waals surface area contributed by atoms with Gasteiger partial charge in [0.1, 0.15) is 0 Å². The summed E-state index contributed by atoms with van der Waals surface area (Å²) in [5.74, 6) is -0.387. The largest absolute Gasteiger partial charge is 0.481 e. The Labute approximate surface area is 91.9 Å². The van der Waals surface area contributed by atoms with Crippen molar-refractivity contribution in [3.05, 3.63) is 11.8 Å². The zero-order chi connectivity index (χ0) is 11.3. The van der Waals surface area contributed by atoms with Gasteiger partial charge in [0.2, 0.25) is 5.88 Å². The second kappa shape index (κ2) is 5.55. The first-order valence-corrected chi connectivity index (χ1v) is 5.55. The zero-order valence-electron chi connectivity index (χ0n) is 8.56. The number of ether oxygens (including phenoxy) is 1. The van der Waals surface area contributed by atoms with Crippen LogP contribution >= 0.6 is 11.8 Å². The number of carboxylic acids is 1. The van der Waals surface area contributed by atoms with Crippen LogP contribution in [0.15, 0.2) is 11.4 Å². The molecule has 1 aromatic heterocycles. The molecular weight excluding hydrogens is 216 g/mol. The minimum absolute atomic E-state index is 0.0539. The number of carboxylic acid groups (broad SMARTS) is 1. The lowest BCUT2D eigenvalue weighted by Gasteiger charge is -2.06. The Hall–Kier alpha value is -1.30. The Morgan fingerprint density at radius 1 is 1.67 bits per heavy atom. The average Bonchev–Trinajstić information content (AvgIpc) is 2.25. The highest BCUT2D eigenvalue weighted by Gasteiger charge is 2.08. The molecule has 0 fully saturated rings. The number of thioether (sulfide) groups is 1. The van der Waals surface area contributed by atoms with Crippen LogP contribution in [0, 0.1) is 0 Å². The van der Waals surface area contributed by atoms with Crippen LogP contribution in [-0.4, -0.2) is 34.4 Å². The van der Waals surface area contributed by atoms with Crippen molar-refractivity contribution in [1.82, 2.24) is 9.97 Å². The second-order valence-electron chi connectivity index (χ2n) is 2.78. The molecular formula is C9H12N2O3S. The summed E-state index contributed by atoms with van der Waals surface area (Å²) in [7, 11) is 1.51. The van der Waals surface area contributed by atoms with Gasteiger partial charge in [0.05, 0.1) is 7.11 Å². The smallest absolute Gasteiger partial charge is 0.303 e. The second-order valence-corrected chi connectivity index (χ2v) is 3.56. The van der Waals surface area contributed by atoms with Gasteiger partial charge in [-0.15, -0.1) is 0 Å². The quantitative estimate of drug-likeness (QED) is 0.603. The predicted molar refractivity (Wildman–Crippen MR) is 56.3 cm³/mol. The average molecular weight is 228 g/mol. The molecule has 1 heterocycles. The topological polar surface area (TPSA) is 72.3 Å². The lowest BCUT2D eigenvalue weighted by molar-refractivity contribution is -0.136. The molecule has 0 aliphatic carbocycles. The summed E-state index contributed by atoms with van der Waals surface area (Å²) in [6.45, 7) is 0. The first-order chi connectivity index (χ1) is 7.17. The molecule has 0 aliphatic heterocycles. The SMILES string of the molecule is COc1nc(SC)ncc1CCC(=O)O. The standard InChI is InChI=1S/C9H12N2O3S/c1-14-8-6(3-4-7(12)13)5-10-9(11-8)15-2/h5H,3-4H2,1-2H3,(H,12,13). The summed E-state index contributed by atoms with van der Waals surface area (Å²) in [5, 5.41) is 9.17. The van der Waals surface area contributed by atoms with E-state index in [1.165, 1.54) is 18.9 Å². The molecule has 1 rings (SSSR count). The lowest BCUT2D eigenvalue weighted by Crippen LogP contribution is -2.02. The number of hydrogen-bond acceptors (Lipinski definition) is 5. The van der Waals surface area contributed by atoms with Crippen molar-refractivity contribution in [2.45, 2.75) is 18.0 Å². The normalized spacial score (nSPS) is 10.0. The number of carbonyl (C=O) groups is 1. The predicted octanol–water partition coefficient (Wildman–Crippen LogP) is 1.22. The third-order valence-corrected chi connectivity index (χ3v) is 2.35. The maximum absolute atomic E-state index is 10.4. The first kappa shape index (κ1) is 11.8. The number of aromatic nitrogens is 2. The lowest BCUT2D eigenvalue weighted by atomic mass is 10.2. The molecule has 6 heteroatoms. The van der Waals surface area contributed by atoms with E-state index in [1.54, 1.807) is 6.20 Å². The van der Waals surface area contributed by atoms with Gasteiger partial charge in [-0.2, -0.15) is 4.98 Å². The minimum atomic E-state index is -0.842. The van der Waals surface area contributed by atoms with Crippen molar-refractivity contribution < 1.29 is 14.6 Å². The van der Waals surface area contributed by atoms with E-state index in [0.29, 0.717) is 17.5 Å². The van der Waals surface area contributed by atoms with Crippen LogP contribution in [0.25, 0.3) is 0 Å². The van der Waals surface area contributed by atoms with Crippen molar-refractivity contribution in [3.8, 4) is 5.88 Å². The van der Waals surface area contributed by atoms with Gasteiger partial charge in [0.25, 0.3) is 0 Å². The fourth-order valence-electron chi connectivity index (χ4n) is 1.06. The fourth-order valence-corrected chi connectivity index (χ4v) is 1.40. The van der Waals surface area contributed by atoms with Crippen molar-refractivity contribution in [1.29, 1.82) is 0 Å². The number of methoxy groups -OCH3 is 1. The molecule has 0 aromatic carbocycles. The maximum Gasteiger partial charge on any atom is 0.303 e. The van der Waals surface area contributed by atoms with E-state index < -0.39 is 5.97 Å². The van der Waals surface area contributed by atoms with E-state index in [2.05, 4.69) is 9.97 Å². The van der Waals surface area contributed by atoms with Gasteiger partial charge >= 0.3 is 5.97 Å². The molecule has 0 bridgehead atoms.